The lowest BCUT2D eigenvalue weighted by Crippen LogP contribution is -2.38. The van der Waals surface area contributed by atoms with Crippen LogP contribution >= 0.6 is 0 Å². The molecule has 1 atom stereocenters. The molecular weight excluding hydrogens is 381 g/mol. The molecule has 1 aromatic heterocycles. The third kappa shape index (κ3) is 4.57. The number of methoxy groups -OCH3 is 1. The van der Waals surface area contributed by atoms with Gasteiger partial charge in [0.2, 0.25) is 5.91 Å². The van der Waals surface area contributed by atoms with Crippen LogP contribution in [0.4, 0.5) is 4.39 Å². The number of amides is 1. The van der Waals surface area contributed by atoms with Crippen molar-refractivity contribution in [2.45, 2.75) is 19.0 Å². The molecule has 150 valence electrons. The Hall–Kier alpha value is -3.75. The Labute approximate surface area is 163 Å². The molecule has 1 unspecified atom stereocenters. The maximum absolute atomic E-state index is 13.2. The van der Waals surface area contributed by atoms with Crippen LogP contribution in [0.3, 0.4) is 0 Å². The van der Waals surface area contributed by atoms with Crippen molar-refractivity contribution in [1.29, 1.82) is 0 Å². The summed E-state index contributed by atoms with van der Waals surface area (Å²) in [5, 5.41) is 5.40. The summed E-state index contributed by atoms with van der Waals surface area (Å²) < 4.78 is 18.7. The topological polar surface area (TPSA) is 110 Å². The van der Waals surface area contributed by atoms with Crippen LogP contribution in [0.25, 0.3) is 10.8 Å². The number of hydrogen-bond acceptors (Lipinski definition) is 5. The van der Waals surface area contributed by atoms with Crippen LogP contribution in [0.2, 0.25) is 0 Å². The lowest BCUT2D eigenvalue weighted by molar-refractivity contribution is -0.141. The van der Waals surface area contributed by atoms with Crippen LogP contribution in [-0.4, -0.2) is 28.8 Å². The second-order valence-electron chi connectivity index (χ2n) is 6.33. The van der Waals surface area contributed by atoms with Crippen LogP contribution in [0.15, 0.2) is 58.1 Å². The number of aromatic nitrogens is 2. The molecule has 1 heterocycles. The second kappa shape index (κ2) is 8.51. The average molecular weight is 399 g/mol. The van der Waals surface area contributed by atoms with Gasteiger partial charge in [0.25, 0.3) is 11.1 Å². The quantitative estimate of drug-likeness (QED) is 0.606. The number of carbonyl (C=O) groups is 2. The fraction of sp³-hybridized carbons (Fsp3) is 0.200. The molecule has 0 aliphatic heterocycles. The summed E-state index contributed by atoms with van der Waals surface area (Å²) in [6.07, 6.45) is -0.184. The van der Waals surface area contributed by atoms with Gasteiger partial charge in [0.05, 0.1) is 30.3 Å². The number of nitrogens with one attached hydrogen (secondary N) is 2. The van der Waals surface area contributed by atoms with E-state index in [0.29, 0.717) is 5.56 Å². The van der Waals surface area contributed by atoms with E-state index in [9.17, 15) is 23.6 Å². The van der Waals surface area contributed by atoms with E-state index >= 15 is 0 Å². The molecule has 0 saturated heterocycles. The second-order valence-corrected chi connectivity index (χ2v) is 6.33. The maximum Gasteiger partial charge on any atom is 0.307 e. The zero-order valence-electron chi connectivity index (χ0n) is 15.5. The van der Waals surface area contributed by atoms with Gasteiger partial charge in [-0.2, -0.15) is 0 Å². The maximum atomic E-state index is 13.2. The van der Waals surface area contributed by atoms with Gasteiger partial charge < -0.3 is 10.1 Å². The SMILES string of the molecule is COC(=O)CC(NC(=O)Cn1[nH]c(=O)c2ccccc2c1=O)c1ccc(F)cc1. The lowest BCUT2D eigenvalue weighted by atomic mass is 10.0. The van der Waals surface area contributed by atoms with Crippen molar-refractivity contribution >= 4 is 22.6 Å². The molecule has 3 rings (SSSR count). The molecule has 3 aromatic rings. The third-order valence-corrected chi connectivity index (χ3v) is 4.39. The van der Waals surface area contributed by atoms with Gasteiger partial charge in [0.15, 0.2) is 0 Å². The Morgan fingerprint density at radius 1 is 1.10 bits per heavy atom. The number of fused-ring (bicyclic) bond motifs is 1. The van der Waals surface area contributed by atoms with Crippen LogP contribution in [0, 0.1) is 5.82 Å². The van der Waals surface area contributed by atoms with E-state index < -0.39 is 41.4 Å². The van der Waals surface area contributed by atoms with Gasteiger partial charge in [0.1, 0.15) is 12.4 Å². The predicted octanol–water partition coefficient (Wildman–Crippen LogP) is 1.25. The number of benzene rings is 2. The minimum Gasteiger partial charge on any atom is -0.469 e. The molecule has 0 spiro atoms. The zero-order valence-corrected chi connectivity index (χ0v) is 15.5. The number of H-pyrrole nitrogens is 1. The first-order valence-corrected chi connectivity index (χ1v) is 8.72. The Bertz CT molecular complexity index is 1170. The molecule has 1 amide bonds. The molecule has 0 fully saturated rings. The first kappa shape index (κ1) is 20.0. The van der Waals surface area contributed by atoms with E-state index in [-0.39, 0.29) is 17.2 Å². The number of hydrogen-bond donors (Lipinski definition) is 2. The van der Waals surface area contributed by atoms with Crippen molar-refractivity contribution in [3.8, 4) is 0 Å². The van der Waals surface area contributed by atoms with Crippen molar-refractivity contribution in [1.82, 2.24) is 15.1 Å². The Morgan fingerprint density at radius 3 is 2.41 bits per heavy atom. The van der Waals surface area contributed by atoms with Gasteiger partial charge in [-0.05, 0) is 29.8 Å². The molecule has 0 bridgehead atoms. The Kier molecular flexibility index (Phi) is 5.87. The molecule has 0 aliphatic carbocycles. The smallest absolute Gasteiger partial charge is 0.307 e. The van der Waals surface area contributed by atoms with Crippen molar-refractivity contribution in [3.05, 3.63) is 80.6 Å². The summed E-state index contributed by atoms with van der Waals surface area (Å²) in [6.45, 7) is -0.461. The summed E-state index contributed by atoms with van der Waals surface area (Å²) >= 11 is 0. The highest BCUT2D eigenvalue weighted by Crippen LogP contribution is 2.18. The van der Waals surface area contributed by atoms with E-state index in [1.807, 2.05) is 0 Å². The first-order valence-electron chi connectivity index (χ1n) is 8.72. The largest absolute Gasteiger partial charge is 0.469 e. The number of rotatable bonds is 6. The van der Waals surface area contributed by atoms with Crippen molar-refractivity contribution in [2.75, 3.05) is 7.11 Å². The summed E-state index contributed by atoms with van der Waals surface area (Å²) in [6, 6.07) is 10.8. The first-order chi connectivity index (χ1) is 13.9. The van der Waals surface area contributed by atoms with E-state index in [2.05, 4.69) is 15.2 Å². The van der Waals surface area contributed by atoms with Crippen molar-refractivity contribution in [3.63, 3.8) is 0 Å². The van der Waals surface area contributed by atoms with Gasteiger partial charge in [-0.1, -0.05) is 24.3 Å². The third-order valence-electron chi connectivity index (χ3n) is 4.39. The average Bonchev–Trinajstić information content (AvgIpc) is 2.71. The van der Waals surface area contributed by atoms with Crippen molar-refractivity contribution in [2.24, 2.45) is 0 Å². The highest BCUT2D eigenvalue weighted by atomic mass is 19.1. The standard InChI is InChI=1S/C20H18FN3O5/c1-29-18(26)10-16(12-6-8-13(21)9-7-12)22-17(25)11-24-20(28)15-5-3-2-4-14(15)19(27)23-24/h2-9,16H,10-11H2,1H3,(H,22,25)(H,23,27). The predicted molar refractivity (Wildman–Crippen MR) is 103 cm³/mol. The number of carbonyl (C=O) groups excluding carboxylic acids is 2. The minimum atomic E-state index is -0.793. The van der Waals surface area contributed by atoms with Crippen molar-refractivity contribution < 1.29 is 18.7 Å². The molecule has 2 N–H and O–H groups in total. The molecule has 0 aliphatic rings. The molecular formula is C20H18FN3O5. The fourth-order valence-electron chi connectivity index (χ4n) is 2.94. The van der Waals surface area contributed by atoms with Gasteiger partial charge in [-0.15, -0.1) is 0 Å². The van der Waals surface area contributed by atoms with Gasteiger partial charge in [0, 0.05) is 0 Å². The fourth-order valence-corrected chi connectivity index (χ4v) is 2.94. The molecule has 2 aromatic carbocycles. The van der Waals surface area contributed by atoms with E-state index in [0.717, 1.165) is 4.68 Å². The summed E-state index contributed by atoms with van der Waals surface area (Å²) in [5.74, 6) is -1.65. The van der Waals surface area contributed by atoms with E-state index in [1.54, 1.807) is 12.1 Å². The summed E-state index contributed by atoms with van der Waals surface area (Å²) in [7, 11) is 1.21. The number of nitrogens with zero attached hydrogens (tertiary/aromatic N) is 1. The van der Waals surface area contributed by atoms with E-state index in [1.165, 1.54) is 43.5 Å². The van der Waals surface area contributed by atoms with Crippen LogP contribution in [0.1, 0.15) is 18.0 Å². The van der Waals surface area contributed by atoms with Gasteiger partial charge in [-0.3, -0.25) is 24.3 Å². The highest BCUT2D eigenvalue weighted by Gasteiger charge is 2.20. The number of halogens is 1. The zero-order chi connectivity index (χ0) is 21.0. The van der Waals surface area contributed by atoms with Crippen LogP contribution < -0.4 is 16.4 Å². The molecule has 8 nitrogen and oxygen atoms in total. The Balaban J connectivity index is 1.85. The molecule has 9 heteroatoms. The molecule has 0 saturated carbocycles. The molecule has 29 heavy (non-hydrogen) atoms. The van der Waals surface area contributed by atoms with Gasteiger partial charge >= 0.3 is 5.97 Å². The monoisotopic (exact) mass is 399 g/mol. The normalized spacial score (nSPS) is 11.8. The lowest BCUT2D eigenvalue weighted by Gasteiger charge is -2.18. The highest BCUT2D eigenvalue weighted by molar-refractivity contribution is 5.81. The van der Waals surface area contributed by atoms with Crippen LogP contribution in [0.5, 0.6) is 0 Å². The minimum absolute atomic E-state index is 0.184. The number of ether oxygens (including phenoxy) is 1. The van der Waals surface area contributed by atoms with Crippen LogP contribution in [-0.2, 0) is 20.9 Å². The number of aromatic amines is 1. The van der Waals surface area contributed by atoms with Gasteiger partial charge in [-0.25, -0.2) is 9.07 Å². The summed E-state index contributed by atoms with van der Waals surface area (Å²) in [4.78, 5) is 48.9. The number of esters is 1. The van der Waals surface area contributed by atoms with E-state index in [4.69, 9.17) is 0 Å². The molecule has 0 radical (unpaired) electrons. The summed E-state index contributed by atoms with van der Waals surface area (Å²) in [5.41, 5.74) is -0.538. The Morgan fingerprint density at radius 2 is 1.76 bits per heavy atom.